The van der Waals surface area contributed by atoms with Gasteiger partial charge in [-0.1, -0.05) is 36.8 Å². The Morgan fingerprint density at radius 2 is 1.71 bits per heavy atom. The minimum atomic E-state index is -0.389. The van der Waals surface area contributed by atoms with Crippen LogP contribution in [0.1, 0.15) is 18.9 Å². The summed E-state index contributed by atoms with van der Waals surface area (Å²) in [4.78, 5) is 40.4. The van der Waals surface area contributed by atoms with Crippen molar-refractivity contribution in [1.82, 2.24) is 5.32 Å². The molecule has 7 heteroatoms. The van der Waals surface area contributed by atoms with Crippen molar-refractivity contribution < 1.29 is 14.4 Å². The first-order valence-electron chi connectivity index (χ1n) is 9.31. The van der Waals surface area contributed by atoms with Gasteiger partial charge in [0.25, 0.3) is 0 Å². The van der Waals surface area contributed by atoms with E-state index in [1.165, 1.54) is 9.80 Å². The highest BCUT2D eigenvalue weighted by Crippen LogP contribution is 2.33. The van der Waals surface area contributed by atoms with Gasteiger partial charge in [0.2, 0.25) is 11.8 Å². The summed E-state index contributed by atoms with van der Waals surface area (Å²) in [6, 6.07) is 14.1. The molecule has 146 valence electrons. The summed E-state index contributed by atoms with van der Waals surface area (Å²) >= 11 is 0. The number of amides is 4. The van der Waals surface area contributed by atoms with E-state index in [4.69, 9.17) is 0 Å². The molecule has 0 unspecified atom stereocenters. The molecule has 2 aromatic rings. The Bertz CT molecular complexity index is 879. The van der Waals surface area contributed by atoms with Crippen LogP contribution in [0.2, 0.25) is 0 Å². The van der Waals surface area contributed by atoms with E-state index in [0.29, 0.717) is 23.6 Å². The average molecular weight is 380 g/mol. The van der Waals surface area contributed by atoms with Gasteiger partial charge in [0, 0.05) is 12.2 Å². The van der Waals surface area contributed by atoms with Gasteiger partial charge in [-0.25, -0.2) is 4.79 Å². The van der Waals surface area contributed by atoms with E-state index in [1.807, 2.05) is 38.1 Å². The second-order valence-corrected chi connectivity index (χ2v) is 6.70. The molecular weight excluding hydrogens is 356 g/mol. The molecule has 0 saturated carbocycles. The Morgan fingerprint density at radius 3 is 2.39 bits per heavy atom. The largest absolute Gasteiger partial charge is 0.355 e. The lowest BCUT2D eigenvalue weighted by molar-refractivity contribution is -0.123. The summed E-state index contributed by atoms with van der Waals surface area (Å²) in [6.07, 6.45) is 0.823. The fourth-order valence-electron chi connectivity index (χ4n) is 3.01. The first-order chi connectivity index (χ1) is 13.5. The molecule has 0 bridgehead atoms. The van der Waals surface area contributed by atoms with Gasteiger partial charge in [0.05, 0.1) is 11.4 Å². The smallest absolute Gasteiger partial charge is 0.326 e. The quantitative estimate of drug-likeness (QED) is 0.837. The number of fused-ring (bicyclic) bond motifs is 1. The van der Waals surface area contributed by atoms with E-state index in [-0.39, 0.29) is 30.9 Å². The lowest BCUT2D eigenvalue weighted by Gasteiger charge is -2.35. The zero-order chi connectivity index (χ0) is 20.1. The monoisotopic (exact) mass is 380 g/mol. The maximum atomic E-state index is 12.8. The van der Waals surface area contributed by atoms with Crippen molar-refractivity contribution in [3.63, 3.8) is 0 Å². The molecular formula is C21H24N4O3. The molecule has 0 radical (unpaired) electrons. The number of aryl methyl sites for hydroxylation is 1. The van der Waals surface area contributed by atoms with E-state index in [0.717, 1.165) is 12.0 Å². The third kappa shape index (κ3) is 4.31. The van der Waals surface area contributed by atoms with Gasteiger partial charge in [0.15, 0.2) is 0 Å². The van der Waals surface area contributed by atoms with Crippen molar-refractivity contribution in [2.45, 2.75) is 20.3 Å². The molecule has 1 heterocycles. The maximum Gasteiger partial charge on any atom is 0.326 e. The lowest BCUT2D eigenvalue weighted by Crippen LogP contribution is -2.52. The summed E-state index contributed by atoms with van der Waals surface area (Å²) in [6.45, 7) is 4.30. The molecule has 3 rings (SSSR count). The number of nitrogens with zero attached hydrogens (tertiary/aromatic N) is 2. The molecule has 1 aliphatic heterocycles. The molecule has 1 aliphatic rings. The highest BCUT2D eigenvalue weighted by Gasteiger charge is 2.33. The zero-order valence-electron chi connectivity index (χ0n) is 16.1. The normalized spacial score (nSPS) is 13.1. The molecule has 0 aromatic heterocycles. The first kappa shape index (κ1) is 19.4. The van der Waals surface area contributed by atoms with E-state index >= 15 is 0 Å². The van der Waals surface area contributed by atoms with Gasteiger partial charge in [-0.15, -0.1) is 0 Å². The Kier molecular flexibility index (Phi) is 5.93. The van der Waals surface area contributed by atoms with Crippen LogP contribution in [-0.4, -0.2) is 37.5 Å². The number of nitrogens with one attached hydrogen (secondary N) is 2. The number of para-hydroxylation sites is 2. The van der Waals surface area contributed by atoms with Gasteiger partial charge in [-0.05, 0) is 37.6 Å². The minimum Gasteiger partial charge on any atom is -0.355 e. The summed E-state index contributed by atoms with van der Waals surface area (Å²) < 4.78 is 0. The Balaban J connectivity index is 1.81. The fourth-order valence-corrected chi connectivity index (χ4v) is 3.01. The number of carbonyl (C=O) groups is 3. The van der Waals surface area contributed by atoms with E-state index < -0.39 is 0 Å². The molecule has 2 aromatic carbocycles. The molecule has 7 nitrogen and oxygen atoms in total. The van der Waals surface area contributed by atoms with E-state index in [2.05, 4.69) is 10.6 Å². The van der Waals surface area contributed by atoms with Crippen LogP contribution in [0.4, 0.5) is 21.9 Å². The second-order valence-electron chi connectivity index (χ2n) is 6.70. The fraction of sp³-hybridized carbons (Fsp3) is 0.286. The Hall–Kier alpha value is -3.35. The molecule has 28 heavy (non-hydrogen) atoms. The molecule has 0 fully saturated rings. The first-order valence-corrected chi connectivity index (χ1v) is 9.31. The van der Waals surface area contributed by atoms with Crippen LogP contribution in [0.25, 0.3) is 0 Å². The van der Waals surface area contributed by atoms with Crippen molar-refractivity contribution in [2.75, 3.05) is 34.8 Å². The Labute approximate surface area is 164 Å². The van der Waals surface area contributed by atoms with Gasteiger partial charge in [-0.3, -0.25) is 19.4 Å². The average Bonchev–Trinajstić information content (AvgIpc) is 2.70. The Morgan fingerprint density at radius 1 is 1.04 bits per heavy atom. The molecule has 0 saturated heterocycles. The number of carbonyl (C=O) groups excluding carboxylic acids is 3. The van der Waals surface area contributed by atoms with Crippen LogP contribution >= 0.6 is 0 Å². The maximum absolute atomic E-state index is 12.8. The predicted molar refractivity (Wildman–Crippen MR) is 110 cm³/mol. The highest BCUT2D eigenvalue weighted by molar-refractivity contribution is 6.14. The van der Waals surface area contributed by atoms with Gasteiger partial charge in [-0.2, -0.15) is 0 Å². The van der Waals surface area contributed by atoms with Gasteiger partial charge in [0.1, 0.15) is 13.1 Å². The summed E-state index contributed by atoms with van der Waals surface area (Å²) in [5.41, 5.74) is 2.88. The van der Waals surface area contributed by atoms with Crippen LogP contribution in [0, 0.1) is 6.92 Å². The molecule has 0 spiro atoms. The van der Waals surface area contributed by atoms with Crippen LogP contribution in [0.3, 0.4) is 0 Å². The highest BCUT2D eigenvalue weighted by atomic mass is 16.2. The number of urea groups is 1. The van der Waals surface area contributed by atoms with Crippen LogP contribution in [0.5, 0.6) is 0 Å². The third-order valence-electron chi connectivity index (χ3n) is 4.48. The summed E-state index contributed by atoms with van der Waals surface area (Å²) in [5, 5.41) is 5.60. The van der Waals surface area contributed by atoms with E-state index in [9.17, 15) is 14.4 Å². The van der Waals surface area contributed by atoms with Gasteiger partial charge < -0.3 is 10.6 Å². The lowest BCUT2D eigenvalue weighted by atomic mass is 10.1. The number of hydrogen-bond donors (Lipinski definition) is 2. The third-order valence-corrected chi connectivity index (χ3v) is 4.48. The molecule has 0 aliphatic carbocycles. The van der Waals surface area contributed by atoms with Gasteiger partial charge >= 0.3 is 6.03 Å². The van der Waals surface area contributed by atoms with Crippen molar-refractivity contribution in [2.24, 2.45) is 0 Å². The zero-order valence-corrected chi connectivity index (χ0v) is 16.1. The SMILES string of the molecule is CCCNC(=O)CN1C(=O)CN(C(=O)Nc2ccc(C)cc2)c2ccccc21. The molecule has 2 N–H and O–H groups in total. The van der Waals surface area contributed by atoms with Crippen LogP contribution in [0.15, 0.2) is 48.5 Å². The topological polar surface area (TPSA) is 81.8 Å². The van der Waals surface area contributed by atoms with Crippen molar-refractivity contribution >= 4 is 34.9 Å². The second kappa shape index (κ2) is 8.56. The van der Waals surface area contributed by atoms with Crippen LogP contribution < -0.4 is 20.4 Å². The van der Waals surface area contributed by atoms with Crippen LogP contribution in [-0.2, 0) is 9.59 Å². The number of hydrogen-bond acceptors (Lipinski definition) is 3. The minimum absolute atomic E-state index is 0.0662. The predicted octanol–water partition coefficient (Wildman–Crippen LogP) is 2.91. The number of benzene rings is 2. The molecule has 4 amide bonds. The van der Waals surface area contributed by atoms with Crippen molar-refractivity contribution in [3.05, 3.63) is 54.1 Å². The molecule has 0 atom stereocenters. The number of rotatable bonds is 5. The van der Waals surface area contributed by atoms with Crippen molar-refractivity contribution in [3.8, 4) is 0 Å². The number of anilines is 3. The summed E-state index contributed by atoms with van der Waals surface area (Å²) in [5.74, 6) is -0.521. The standard InChI is InChI=1S/C21H24N4O3/c1-3-12-22-19(26)13-24-17-6-4-5-7-18(17)25(14-20(24)27)21(28)23-16-10-8-15(2)9-11-16/h4-11H,3,12-14H2,1-2H3,(H,22,26)(H,23,28). The van der Waals surface area contributed by atoms with Crippen molar-refractivity contribution in [1.29, 1.82) is 0 Å². The summed E-state index contributed by atoms with van der Waals surface area (Å²) in [7, 11) is 0. The van der Waals surface area contributed by atoms with E-state index in [1.54, 1.807) is 24.3 Å².